The Morgan fingerprint density at radius 3 is 2.64 bits per heavy atom. The number of hydrogen-bond acceptors (Lipinski definition) is 4. The standard InChI is InChI=1S/C21H28N4O3/c1-20(2,3)19-23-15-12-14(6-7-16(15)24(19)4)22-17(26)18(27)25-10-11-28-21(13-25)8-5-9-21/h6-7,12H,5,8-11,13H2,1-4H3,(H,22,26). The van der Waals surface area contributed by atoms with E-state index in [1.165, 1.54) is 0 Å². The molecule has 1 N–H and O–H groups in total. The number of amides is 2. The number of aromatic nitrogens is 2. The SMILES string of the molecule is Cn1c(C(C)(C)C)nc2cc(NC(=O)C(=O)N3CCOC4(CCC4)C3)ccc21. The predicted molar refractivity (Wildman–Crippen MR) is 107 cm³/mol. The molecular weight excluding hydrogens is 356 g/mol. The van der Waals surface area contributed by atoms with Crippen LogP contribution in [0, 0.1) is 0 Å². The smallest absolute Gasteiger partial charge is 0.313 e. The average Bonchev–Trinajstić information content (AvgIpc) is 2.96. The molecule has 1 spiro atoms. The lowest BCUT2D eigenvalue weighted by molar-refractivity contribution is -0.169. The zero-order valence-corrected chi connectivity index (χ0v) is 17.0. The van der Waals surface area contributed by atoms with Crippen molar-refractivity contribution in [2.45, 2.75) is 51.0 Å². The van der Waals surface area contributed by atoms with Crippen molar-refractivity contribution in [2.24, 2.45) is 7.05 Å². The first-order chi connectivity index (χ1) is 13.2. The van der Waals surface area contributed by atoms with Gasteiger partial charge in [0.05, 0.1) is 29.8 Å². The van der Waals surface area contributed by atoms with Crippen LogP contribution in [0.15, 0.2) is 18.2 Å². The van der Waals surface area contributed by atoms with Crippen LogP contribution in [-0.2, 0) is 26.8 Å². The minimum absolute atomic E-state index is 0.0824. The number of nitrogens with zero attached hydrogens (tertiary/aromatic N) is 3. The molecule has 1 aromatic carbocycles. The molecule has 1 aliphatic heterocycles. The molecule has 1 saturated heterocycles. The molecule has 0 bridgehead atoms. The van der Waals surface area contributed by atoms with Gasteiger partial charge in [-0.2, -0.15) is 0 Å². The Morgan fingerprint density at radius 1 is 1.25 bits per heavy atom. The summed E-state index contributed by atoms with van der Waals surface area (Å²) < 4.78 is 7.90. The number of carbonyl (C=O) groups is 2. The molecule has 2 fully saturated rings. The topological polar surface area (TPSA) is 76.5 Å². The molecule has 7 nitrogen and oxygen atoms in total. The number of imidazole rings is 1. The molecule has 4 rings (SSSR count). The van der Waals surface area contributed by atoms with Crippen molar-refractivity contribution in [1.29, 1.82) is 0 Å². The molecule has 2 heterocycles. The number of morpholine rings is 1. The molecule has 7 heteroatoms. The monoisotopic (exact) mass is 384 g/mol. The molecule has 150 valence electrons. The second-order valence-electron chi connectivity index (χ2n) is 9.01. The van der Waals surface area contributed by atoms with Crippen LogP contribution in [0.2, 0.25) is 0 Å². The number of aryl methyl sites for hydroxylation is 1. The van der Waals surface area contributed by atoms with Gasteiger partial charge in [-0.05, 0) is 37.5 Å². The fourth-order valence-electron chi connectivity index (χ4n) is 4.17. The Morgan fingerprint density at radius 2 is 2.00 bits per heavy atom. The molecule has 1 aliphatic carbocycles. The summed E-state index contributed by atoms with van der Waals surface area (Å²) in [6.45, 7) is 7.82. The van der Waals surface area contributed by atoms with Gasteiger partial charge in [-0.25, -0.2) is 4.98 Å². The third kappa shape index (κ3) is 3.28. The zero-order chi connectivity index (χ0) is 20.1. The summed E-state index contributed by atoms with van der Waals surface area (Å²) >= 11 is 0. The second kappa shape index (κ2) is 6.58. The number of anilines is 1. The molecule has 28 heavy (non-hydrogen) atoms. The van der Waals surface area contributed by atoms with Gasteiger partial charge in [0.1, 0.15) is 5.82 Å². The number of rotatable bonds is 1. The molecule has 0 unspecified atom stereocenters. The lowest BCUT2D eigenvalue weighted by atomic mass is 9.79. The summed E-state index contributed by atoms with van der Waals surface area (Å²) in [5.74, 6) is -0.130. The number of benzene rings is 1. The van der Waals surface area contributed by atoms with Crippen molar-refractivity contribution in [3.63, 3.8) is 0 Å². The first-order valence-electron chi connectivity index (χ1n) is 9.90. The maximum atomic E-state index is 12.6. The molecule has 1 saturated carbocycles. The maximum Gasteiger partial charge on any atom is 0.313 e. The Labute approximate surface area is 165 Å². The highest BCUT2D eigenvalue weighted by Crippen LogP contribution is 2.38. The van der Waals surface area contributed by atoms with Gasteiger partial charge in [-0.15, -0.1) is 0 Å². The lowest BCUT2D eigenvalue weighted by Gasteiger charge is -2.48. The highest BCUT2D eigenvalue weighted by Gasteiger charge is 2.44. The van der Waals surface area contributed by atoms with Gasteiger partial charge in [0.25, 0.3) is 0 Å². The highest BCUT2D eigenvalue weighted by atomic mass is 16.5. The molecular formula is C21H28N4O3. The van der Waals surface area contributed by atoms with Gasteiger partial charge in [0.2, 0.25) is 0 Å². The van der Waals surface area contributed by atoms with Gasteiger partial charge in [-0.1, -0.05) is 20.8 Å². The van der Waals surface area contributed by atoms with E-state index in [4.69, 9.17) is 9.72 Å². The Bertz CT molecular complexity index is 937. The van der Waals surface area contributed by atoms with Gasteiger partial charge in [0.15, 0.2) is 0 Å². The van der Waals surface area contributed by atoms with Crippen molar-refractivity contribution in [3.8, 4) is 0 Å². The minimum atomic E-state index is -0.609. The highest BCUT2D eigenvalue weighted by molar-refractivity contribution is 6.39. The third-order valence-corrected chi connectivity index (χ3v) is 5.80. The van der Waals surface area contributed by atoms with Crippen LogP contribution in [0.5, 0.6) is 0 Å². The summed E-state index contributed by atoms with van der Waals surface area (Å²) in [7, 11) is 1.99. The first kappa shape index (κ1) is 18.9. The number of fused-ring (bicyclic) bond motifs is 1. The number of ether oxygens (including phenoxy) is 1. The Hall–Kier alpha value is -2.41. The number of carbonyl (C=O) groups excluding carboxylic acids is 2. The molecule has 2 amide bonds. The molecule has 2 aliphatic rings. The van der Waals surface area contributed by atoms with E-state index < -0.39 is 11.8 Å². The van der Waals surface area contributed by atoms with Crippen LogP contribution in [0.3, 0.4) is 0 Å². The Balaban J connectivity index is 1.49. The molecule has 0 atom stereocenters. The Kier molecular flexibility index (Phi) is 4.45. The van der Waals surface area contributed by atoms with Crippen LogP contribution in [0.25, 0.3) is 11.0 Å². The van der Waals surface area contributed by atoms with Gasteiger partial charge >= 0.3 is 11.8 Å². The van der Waals surface area contributed by atoms with Crippen molar-refractivity contribution in [1.82, 2.24) is 14.5 Å². The van der Waals surface area contributed by atoms with E-state index in [0.29, 0.717) is 25.4 Å². The normalized spacial score (nSPS) is 18.9. The van der Waals surface area contributed by atoms with Crippen LogP contribution in [-0.4, -0.2) is 51.6 Å². The summed E-state index contributed by atoms with van der Waals surface area (Å²) in [6, 6.07) is 5.56. The largest absolute Gasteiger partial charge is 0.371 e. The number of nitrogens with one attached hydrogen (secondary N) is 1. The fraction of sp³-hybridized carbons (Fsp3) is 0.571. The van der Waals surface area contributed by atoms with Gasteiger partial charge < -0.3 is 19.5 Å². The van der Waals surface area contributed by atoms with Gasteiger partial charge in [-0.3, -0.25) is 9.59 Å². The van der Waals surface area contributed by atoms with Crippen LogP contribution in [0.1, 0.15) is 45.9 Å². The number of hydrogen-bond donors (Lipinski definition) is 1. The van der Waals surface area contributed by atoms with E-state index >= 15 is 0 Å². The summed E-state index contributed by atoms with van der Waals surface area (Å²) in [4.78, 5) is 31.5. The van der Waals surface area contributed by atoms with Crippen LogP contribution in [0.4, 0.5) is 5.69 Å². The summed E-state index contributed by atoms with van der Waals surface area (Å²) in [6.07, 6.45) is 3.05. The van der Waals surface area contributed by atoms with Crippen molar-refractivity contribution < 1.29 is 14.3 Å². The molecule has 2 aromatic rings. The molecule has 0 radical (unpaired) electrons. The van der Waals surface area contributed by atoms with Crippen molar-refractivity contribution in [3.05, 3.63) is 24.0 Å². The van der Waals surface area contributed by atoms with E-state index in [-0.39, 0.29) is 11.0 Å². The average molecular weight is 384 g/mol. The second-order valence-corrected chi connectivity index (χ2v) is 9.01. The lowest BCUT2D eigenvalue weighted by Crippen LogP contribution is -2.58. The van der Waals surface area contributed by atoms with Crippen molar-refractivity contribution >= 4 is 28.5 Å². The van der Waals surface area contributed by atoms with Crippen molar-refractivity contribution in [2.75, 3.05) is 25.0 Å². The van der Waals surface area contributed by atoms with Gasteiger partial charge in [0, 0.05) is 24.7 Å². The minimum Gasteiger partial charge on any atom is -0.371 e. The van der Waals surface area contributed by atoms with E-state index in [0.717, 1.165) is 36.1 Å². The zero-order valence-electron chi connectivity index (χ0n) is 17.0. The maximum absolute atomic E-state index is 12.6. The van der Waals surface area contributed by atoms with E-state index in [9.17, 15) is 9.59 Å². The first-order valence-corrected chi connectivity index (χ1v) is 9.90. The summed E-state index contributed by atoms with van der Waals surface area (Å²) in [5.41, 5.74) is 2.08. The summed E-state index contributed by atoms with van der Waals surface area (Å²) in [5, 5.41) is 2.74. The van der Waals surface area contributed by atoms with Crippen LogP contribution >= 0.6 is 0 Å². The fourth-order valence-corrected chi connectivity index (χ4v) is 4.17. The molecule has 1 aromatic heterocycles. The van der Waals surface area contributed by atoms with E-state index in [2.05, 4.69) is 30.7 Å². The quantitative estimate of drug-likeness (QED) is 0.767. The van der Waals surface area contributed by atoms with Crippen LogP contribution < -0.4 is 5.32 Å². The van der Waals surface area contributed by atoms with E-state index in [1.807, 2.05) is 25.2 Å². The van der Waals surface area contributed by atoms with E-state index in [1.54, 1.807) is 4.90 Å². The third-order valence-electron chi connectivity index (χ3n) is 5.80. The predicted octanol–water partition coefficient (Wildman–Crippen LogP) is 2.59.